The van der Waals surface area contributed by atoms with E-state index < -0.39 is 6.03 Å². The number of methoxy groups -OCH3 is 1. The SMILES string of the molecule is CO[C@H]1CC[C@H]1Oc1cc(NC(=O)N2CCCc3cc(CN4CCC(C)C4=O)c(C=O)nc32)ncc1C#N. The lowest BCUT2D eigenvalue weighted by molar-refractivity contribution is -0.131. The molecule has 0 bridgehead atoms. The van der Waals surface area contributed by atoms with E-state index in [1.165, 1.54) is 17.2 Å². The van der Waals surface area contributed by atoms with Crippen molar-refractivity contribution in [3.05, 3.63) is 40.7 Å². The first-order valence-corrected chi connectivity index (χ1v) is 12.9. The van der Waals surface area contributed by atoms with Crippen LogP contribution in [0.1, 0.15) is 59.8 Å². The Morgan fingerprint density at radius 2 is 2.08 bits per heavy atom. The summed E-state index contributed by atoms with van der Waals surface area (Å²) in [6, 6.07) is 5.04. The highest BCUT2D eigenvalue weighted by Crippen LogP contribution is 2.32. The maximum atomic E-state index is 13.3. The maximum absolute atomic E-state index is 13.3. The predicted octanol–water partition coefficient (Wildman–Crippen LogP) is 3.07. The topological polar surface area (TPSA) is 138 Å². The molecular formula is C27H30N6O5. The highest BCUT2D eigenvalue weighted by atomic mass is 16.5. The van der Waals surface area contributed by atoms with Gasteiger partial charge in [0.25, 0.3) is 0 Å². The standard InChI is InChI=1S/C27H30N6O5/c1-16-7-9-32(26(16)35)14-18-10-17-4-3-8-33(25(17)30-20(18)15-34)27(36)31-24-11-23(19(12-28)13-29-24)38-22-6-5-21(22)37-2/h10-11,13,15-16,21-22H,3-9,14H2,1-2H3,(H,29,31,36)/t16?,21-,22+/m0/s1. The van der Waals surface area contributed by atoms with E-state index >= 15 is 0 Å². The van der Waals surface area contributed by atoms with Gasteiger partial charge in [-0.05, 0) is 43.7 Å². The van der Waals surface area contributed by atoms with E-state index in [0.717, 1.165) is 31.2 Å². The minimum atomic E-state index is -0.451. The molecule has 1 N–H and O–H groups in total. The van der Waals surface area contributed by atoms with Crippen LogP contribution in [0, 0.1) is 17.2 Å². The van der Waals surface area contributed by atoms with Crippen molar-refractivity contribution >= 4 is 29.9 Å². The van der Waals surface area contributed by atoms with Gasteiger partial charge in [-0.3, -0.25) is 19.8 Å². The maximum Gasteiger partial charge on any atom is 0.328 e. The van der Waals surface area contributed by atoms with Crippen LogP contribution in [-0.2, 0) is 22.5 Å². The van der Waals surface area contributed by atoms with Crippen LogP contribution in [0.3, 0.4) is 0 Å². The molecule has 0 radical (unpaired) electrons. The van der Waals surface area contributed by atoms with Gasteiger partial charge in [0, 0.05) is 44.3 Å². The van der Waals surface area contributed by atoms with E-state index in [2.05, 4.69) is 21.4 Å². The second kappa shape index (κ2) is 10.8. The summed E-state index contributed by atoms with van der Waals surface area (Å²) < 4.78 is 11.4. The highest BCUT2D eigenvalue weighted by molar-refractivity contribution is 6.01. The molecule has 3 aliphatic rings. The van der Waals surface area contributed by atoms with Gasteiger partial charge in [-0.2, -0.15) is 5.26 Å². The summed E-state index contributed by atoms with van der Waals surface area (Å²) in [4.78, 5) is 49.6. The summed E-state index contributed by atoms with van der Waals surface area (Å²) in [5, 5.41) is 12.2. The van der Waals surface area contributed by atoms with Crippen molar-refractivity contribution in [3.63, 3.8) is 0 Å². The van der Waals surface area contributed by atoms with E-state index in [4.69, 9.17) is 9.47 Å². The number of aromatic nitrogens is 2. The van der Waals surface area contributed by atoms with E-state index in [1.807, 2.05) is 13.0 Å². The van der Waals surface area contributed by atoms with Crippen LogP contribution in [0.2, 0.25) is 0 Å². The molecule has 198 valence electrons. The zero-order chi connectivity index (χ0) is 26.8. The van der Waals surface area contributed by atoms with Gasteiger partial charge in [0.15, 0.2) is 6.29 Å². The van der Waals surface area contributed by atoms with Crippen LogP contribution in [0.4, 0.5) is 16.4 Å². The number of ether oxygens (including phenoxy) is 2. The van der Waals surface area contributed by atoms with Crippen LogP contribution in [0.15, 0.2) is 18.3 Å². The van der Waals surface area contributed by atoms with Gasteiger partial charge in [-0.15, -0.1) is 0 Å². The van der Waals surface area contributed by atoms with Crippen LogP contribution < -0.4 is 15.0 Å². The second-order valence-corrected chi connectivity index (χ2v) is 9.95. The van der Waals surface area contributed by atoms with Gasteiger partial charge in [-0.25, -0.2) is 14.8 Å². The van der Waals surface area contributed by atoms with Gasteiger partial charge >= 0.3 is 6.03 Å². The number of nitriles is 1. The number of amides is 3. The Labute approximate surface area is 220 Å². The summed E-state index contributed by atoms with van der Waals surface area (Å²) in [5.41, 5.74) is 2.02. The number of carbonyl (C=O) groups is 3. The molecule has 5 rings (SSSR count). The van der Waals surface area contributed by atoms with Gasteiger partial charge in [-0.1, -0.05) is 6.92 Å². The van der Waals surface area contributed by atoms with E-state index in [1.54, 1.807) is 12.0 Å². The molecule has 11 heteroatoms. The van der Waals surface area contributed by atoms with Crippen LogP contribution in [0.25, 0.3) is 0 Å². The lowest BCUT2D eigenvalue weighted by Gasteiger charge is -2.35. The number of fused-ring (bicyclic) bond motifs is 1. The molecule has 2 aromatic heterocycles. The first-order chi connectivity index (χ1) is 18.4. The number of pyridine rings is 2. The Morgan fingerprint density at radius 3 is 2.74 bits per heavy atom. The quantitative estimate of drug-likeness (QED) is 0.552. The fraction of sp³-hybridized carbons (Fsp3) is 0.481. The normalized spacial score (nSPS) is 22.3. The number of nitrogens with zero attached hydrogens (tertiary/aromatic N) is 5. The van der Waals surface area contributed by atoms with E-state index in [0.29, 0.717) is 49.5 Å². The Kier molecular flexibility index (Phi) is 7.24. The van der Waals surface area contributed by atoms with Crippen LogP contribution in [-0.4, -0.2) is 65.5 Å². The van der Waals surface area contributed by atoms with E-state index in [9.17, 15) is 19.6 Å². The van der Waals surface area contributed by atoms with Crippen molar-refractivity contribution in [2.45, 2.75) is 57.8 Å². The summed E-state index contributed by atoms with van der Waals surface area (Å²) in [6.45, 7) is 3.31. The monoisotopic (exact) mass is 518 g/mol. The fourth-order valence-corrected chi connectivity index (χ4v) is 5.11. The first kappa shape index (κ1) is 25.6. The number of nitrogens with one attached hydrogen (secondary N) is 1. The van der Waals surface area contributed by atoms with Gasteiger partial charge in [0.1, 0.15) is 40.8 Å². The number of aryl methyl sites for hydroxylation is 1. The number of carbonyl (C=O) groups excluding carboxylic acids is 3. The smallest absolute Gasteiger partial charge is 0.328 e. The van der Waals surface area contributed by atoms with Crippen molar-refractivity contribution in [1.29, 1.82) is 5.26 Å². The molecule has 1 aliphatic carbocycles. The minimum absolute atomic E-state index is 0.0173. The highest BCUT2D eigenvalue weighted by Gasteiger charge is 2.34. The summed E-state index contributed by atoms with van der Waals surface area (Å²) >= 11 is 0. The van der Waals surface area contributed by atoms with Crippen molar-refractivity contribution in [2.24, 2.45) is 5.92 Å². The Bertz CT molecular complexity index is 1310. The predicted molar refractivity (Wildman–Crippen MR) is 137 cm³/mol. The first-order valence-electron chi connectivity index (χ1n) is 12.9. The minimum Gasteiger partial charge on any atom is -0.486 e. The third kappa shape index (κ3) is 4.91. The average molecular weight is 519 g/mol. The molecule has 1 saturated carbocycles. The molecular weight excluding hydrogens is 488 g/mol. The number of likely N-dealkylation sites (tertiary alicyclic amines) is 1. The molecule has 3 atom stereocenters. The lowest BCUT2D eigenvalue weighted by Crippen LogP contribution is -2.42. The zero-order valence-electron chi connectivity index (χ0n) is 21.5. The molecule has 3 amide bonds. The van der Waals surface area contributed by atoms with Gasteiger partial charge in [0.2, 0.25) is 5.91 Å². The number of hydrogen-bond acceptors (Lipinski definition) is 8. The molecule has 4 heterocycles. The van der Waals surface area contributed by atoms with Crippen LogP contribution in [0.5, 0.6) is 5.75 Å². The number of anilines is 2. The Hall–Kier alpha value is -4.04. The van der Waals surface area contributed by atoms with Crippen molar-refractivity contribution in [3.8, 4) is 11.8 Å². The van der Waals surface area contributed by atoms with Crippen LogP contribution >= 0.6 is 0 Å². The molecule has 38 heavy (non-hydrogen) atoms. The van der Waals surface area contributed by atoms with Gasteiger partial charge < -0.3 is 14.4 Å². The molecule has 1 unspecified atom stereocenters. The summed E-state index contributed by atoms with van der Waals surface area (Å²) in [7, 11) is 1.62. The molecule has 1 saturated heterocycles. The molecule has 11 nitrogen and oxygen atoms in total. The average Bonchev–Trinajstić information content (AvgIpc) is 3.22. The summed E-state index contributed by atoms with van der Waals surface area (Å²) in [5.74, 6) is 1.05. The fourth-order valence-electron chi connectivity index (χ4n) is 5.11. The third-order valence-corrected chi connectivity index (χ3v) is 7.51. The summed E-state index contributed by atoms with van der Waals surface area (Å²) in [6.07, 6.45) is 5.76. The Balaban J connectivity index is 1.35. The lowest BCUT2D eigenvalue weighted by atomic mass is 9.92. The number of urea groups is 1. The van der Waals surface area contributed by atoms with Crippen molar-refractivity contribution in [1.82, 2.24) is 14.9 Å². The van der Waals surface area contributed by atoms with E-state index in [-0.39, 0.29) is 41.1 Å². The number of rotatable bonds is 7. The third-order valence-electron chi connectivity index (χ3n) is 7.51. The Morgan fingerprint density at radius 1 is 1.26 bits per heavy atom. The largest absolute Gasteiger partial charge is 0.486 e. The zero-order valence-corrected chi connectivity index (χ0v) is 21.5. The molecule has 2 aromatic rings. The second-order valence-electron chi connectivity index (χ2n) is 9.95. The molecule has 0 spiro atoms. The number of aldehydes is 1. The van der Waals surface area contributed by atoms with Gasteiger partial charge in [0.05, 0.1) is 12.3 Å². The molecule has 2 fully saturated rings. The van der Waals surface area contributed by atoms with Crippen molar-refractivity contribution in [2.75, 3.05) is 30.4 Å². The molecule has 0 aromatic carbocycles. The molecule has 2 aliphatic heterocycles. The number of hydrogen-bond donors (Lipinski definition) is 1. The van der Waals surface area contributed by atoms with Crippen molar-refractivity contribution < 1.29 is 23.9 Å².